The van der Waals surface area contributed by atoms with Crippen LogP contribution in [-0.2, 0) is 11.3 Å². The minimum atomic E-state index is -0.997. The highest BCUT2D eigenvalue weighted by molar-refractivity contribution is 5.57. The molecule has 6 nitrogen and oxygen atoms in total. The number of carbonyl (C=O) groups excluding carboxylic acids is 1. The molecule has 1 spiro atoms. The molecule has 1 aromatic heterocycles. The molecule has 1 aliphatic heterocycles. The number of hydrogen-bond acceptors (Lipinski definition) is 4. The van der Waals surface area contributed by atoms with E-state index >= 15 is 0 Å². The first-order valence-electron chi connectivity index (χ1n) is 9.59. The standard InChI is InChI=1S/C21H25N3O3/c25-16-23-11-10-21(27,20(13-23)8-4-5-9-20)14-24-15-22-18(12-19(24)26)17-6-2-1-3-7-17/h1-3,6-7,12,15-16,27H,4-5,8-11,13-14H2. The Labute approximate surface area is 158 Å². The zero-order valence-corrected chi connectivity index (χ0v) is 15.4. The first-order valence-corrected chi connectivity index (χ1v) is 9.59. The van der Waals surface area contributed by atoms with Gasteiger partial charge in [-0.25, -0.2) is 4.98 Å². The van der Waals surface area contributed by atoms with Crippen LogP contribution in [-0.4, -0.2) is 44.7 Å². The molecule has 2 aromatic rings. The van der Waals surface area contributed by atoms with Crippen LogP contribution in [0, 0.1) is 5.41 Å². The predicted octanol–water partition coefficient (Wildman–Crippen LogP) is 2.06. The summed E-state index contributed by atoms with van der Waals surface area (Å²) in [6.45, 7) is 1.31. The molecule has 27 heavy (non-hydrogen) atoms. The monoisotopic (exact) mass is 367 g/mol. The maximum atomic E-state index is 12.7. The minimum Gasteiger partial charge on any atom is -0.387 e. The summed E-state index contributed by atoms with van der Waals surface area (Å²) in [6, 6.07) is 11.1. The second-order valence-corrected chi connectivity index (χ2v) is 7.95. The molecular formula is C21H25N3O3. The van der Waals surface area contributed by atoms with Gasteiger partial charge in [-0.2, -0.15) is 0 Å². The summed E-state index contributed by atoms with van der Waals surface area (Å²) in [5.41, 5.74) is 0.0393. The molecular weight excluding hydrogens is 342 g/mol. The first kappa shape index (κ1) is 17.9. The fourth-order valence-corrected chi connectivity index (χ4v) is 4.81. The highest BCUT2D eigenvalue weighted by Crippen LogP contribution is 2.51. The van der Waals surface area contributed by atoms with Crippen LogP contribution in [0.1, 0.15) is 32.1 Å². The van der Waals surface area contributed by atoms with Gasteiger partial charge in [0.2, 0.25) is 6.41 Å². The number of aromatic nitrogens is 2. The highest BCUT2D eigenvalue weighted by atomic mass is 16.3. The third-order valence-electron chi connectivity index (χ3n) is 6.40. The summed E-state index contributed by atoms with van der Waals surface area (Å²) in [5.74, 6) is 0. The van der Waals surface area contributed by atoms with E-state index in [0.717, 1.165) is 37.7 Å². The first-order chi connectivity index (χ1) is 13.1. The Kier molecular flexibility index (Phi) is 4.60. The van der Waals surface area contributed by atoms with Crippen LogP contribution in [0.15, 0.2) is 47.5 Å². The molecule has 2 heterocycles. The summed E-state index contributed by atoms with van der Waals surface area (Å²) in [4.78, 5) is 30.2. The summed E-state index contributed by atoms with van der Waals surface area (Å²) < 4.78 is 1.52. The molecule has 0 radical (unpaired) electrons. The second-order valence-electron chi connectivity index (χ2n) is 7.95. The lowest BCUT2D eigenvalue weighted by Crippen LogP contribution is -2.61. The highest BCUT2D eigenvalue weighted by Gasteiger charge is 2.54. The quantitative estimate of drug-likeness (QED) is 0.840. The van der Waals surface area contributed by atoms with Gasteiger partial charge in [-0.15, -0.1) is 0 Å². The van der Waals surface area contributed by atoms with Gasteiger partial charge in [0.1, 0.15) is 0 Å². The van der Waals surface area contributed by atoms with E-state index in [1.54, 1.807) is 4.90 Å². The van der Waals surface area contributed by atoms with E-state index in [2.05, 4.69) is 4.98 Å². The van der Waals surface area contributed by atoms with Crippen molar-refractivity contribution in [2.45, 2.75) is 44.2 Å². The number of piperidine rings is 1. The topological polar surface area (TPSA) is 75.4 Å². The number of hydrogen-bond donors (Lipinski definition) is 1. The van der Waals surface area contributed by atoms with Gasteiger partial charge in [0, 0.05) is 30.1 Å². The van der Waals surface area contributed by atoms with Crippen molar-refractivity contribution in [3.05, 3.63) is 53.1 Å². The van der Waals surface area contributed by atoms with Crippen LogP contribution in [0.25, 0.3) is 11.3 Å². The SMILES string of the molecule is O=CN1CCC(O)(Cn2cnc(-c3ccccc3)cc2=O)C2(CCCC2)C1. The molecule has 1 unspecified atom stereocenters. The zero-order chi connectivity index (χ0) is 18.9. The van der Waals surface area contributed by atoms with E-state index in [1.807, 2.05) is 30.3 Å². The van der Waals surface area contributed by atoms with Crippen LogP contribution in [0.5, 0.6) is 0 Å². The molecule has 1 aliphatic carbocycles. The number of carbonyl (C=O) groups is 1. The average Bonchev–Trinajstić information content (AvgIpc) is 3.16. The Bertz CT molecular complexity index is 874. The molecule has 142 valence electrons. The van der Waals surface area contributed by atoms with E-state index < -0.39 is 5.60 Å². The maximum Gasteiger partial charge on any atom is 0.253 e. The van der Waals surface area contributed by atoms with Crippen molar-refractivity contribution in [2.75, 3.05) is 13.1 Å². The van der Waals surface area contributed by atoms with Crippen LogP contribution in [0.3, 0.4) is 0 Å². The molecule has 1 saturated carbocycles. The Morgan fingerprint density at radius 3 is 2.56 bits per heavy atom. The number of likely N-dealkylation sites (tertiary alicyclic amines) is 1. The van der Waals surface area contributed by atoms with Gasteiger partial charge in [-0.1, -0.05) is 43.2 Å². The van der Waals surface area contributed by atoms with Gasteiger partial charge in [0.05, 0.1) is 24.2 Å². The number of amides is 1. The van der Waals surface area contributed by atoms with Gasteiger partial charge in [-0.05, 0) is 19.3 Å². The van der Waals surface area contributed by atoms with E-state index in [0.29, 0.717) is 25.2 Å². The average molecular weight is 367 g/mol. The number of nitrogens with zero attached hydrogens (tertiary/aromatic N) is 3. The second kappa shape index (κ2) is 6.93. The molecule has 1 atom stereocenters. The smallest absolute Gasteiger partial charge is 0.253 e. The van der Waals surface area contributed by atoms with Crippen molar-refractivity contribution in [1.29, 1.82) is 0 Å². The molecule has 1 amide bonds. The van der Waals surface area contributed by atoms with Crippen molar-refractivity contribution >= 4 is 6.41 Å². The fourth-order valence-electron chi connectivity index (χ4n) is 4.81. The van der Waals surface area contributed by atoms with E-state index in [1.165, 1.54) is 17.0 Å². The summed E-state index contributed by atoms with van der Waals surface area (Å²) in [5, 5.41) is 11.6. The molecule has 1 N–H and O–H groups in total. The predicted molar refractivity (Wildman–Crippen MR) is 102 cm³/mol. The number of benzene rings is 1. The van der Waals surface area contributed by atoms with Crippen molar-refractivity contribution in [1.82, 2.24) is 14.5 Å². The van der Waals surface area contributed by atoms with Crippen LogP contribution in [0.4, 0.5) is 0 Å². The minimum absolute atomic E-state index is 0.164. The summed E-state index contributed by atoms with van der Waals surface area (Å²) in [6.07, 6.45) is 6.78. The van der Waals surface area contributed by atoms with Gasteiger partial charge >= 0.3 is 0 Å². The molecule has 0 bridgehead atoms. The van der Waals surface area contributed by atoms with Crippen LogP contribution >= 0.6 is 0 Å². The molecule has 2 fully saturated rings. The van der Waals surface area contributed by atoms with Gasteiger partial charge in [-0.3, -0.25) is 14.2 Å². The zero-order valence-electron chi connectivity index (χ0n) is 15.4. The van der Waals surface area contributed by atoms with Gasteiger partial charge < -0.3 is 10.0 Å². The maximum absolute atomic E-state index is 12.7. The summed E-state index contributed by atoms with van der Waals surface area (Å²) in [7, 11) is 0. The fraction of sp³-hybridized carbons (Fsp3) is 0.476. The Balaban J connectivity index is 1.62. The Hall–Kier alpha value is -2.47. The van der Waals surface area contributed by atoms with E-state index in [4.69, 9.17) is 0 Å². The summed E-state index contributed by atoms with van der Waals surface area (Å²) >= 11 is 0. The molecule has 4 rings (SSSR count). The molecule has 6 heteroatoms. The molecule has 1 saturated heterocycles. The van der Waals surface area contributed by atoms with Crippen molar-refractivity contribution in [2.24, 2.45) is 5.41 Å². The Morgan fingerprint density at radius 1 is 1.15 bits per heavy atom. The lowest BCUT2D eigenvalue weighted by molar-refractivity contribution is -0.152. The normalized spacial score (nSPS) is 24.3. The number of aliphatic hydroxyl groups is 1. The molecule has 1 aromatic carbocycles. The van der Waals surface area contributed by atoms with Gasteiger partial charge in [0.15, 0.2) is 0 Å². The third kappa shape index (κ3) is 3.18. The van der Waals surface area contributed by atoms with Crippen molar-refractivity contribution in [3.63, 3.8) is 0 Å². The van der Waals surface area contributed by atoms with Crippen molar-refractivity contribution in [3.8, 4) is 11.3 Å². The third-order valence-corrected chi connectivity index (χ3v) is 6.40. The largest absolute Gasteiger partial charge is 0.387 e. The lowest BCUT2D eigenvalue weighted by Gasteiger charge is -2.51. The van der Waals surface area contributed by atoms with Crippen LogP contribution in [0.2, 0.25) is 0 Å². The van der Waals surface area contributed by atoms with E-state index in [9.17, 15) is 14.7 Å². The van der Waals surface area contributed by atoms with E-state index in [-0.39, 0.29) is 17.5 Å². The van der Waals surface area contributed by atoms with Crippen molar-refractivity contribution < 1.29 is 9.90 Å². The van der Waals surface area contributed by atoms with Crippen LogP contribution < -0.4 is 5.56 Å². The number of rotatable bonds is 4. The lowest BCUT2D eigenvalue weighted by atomic mass is 9.66. The molecule has 2 aliphatic rings. The Morgan fingerprint density at radius 2 is 1.89 bits per heavy atom. The van der Waals surface area contributed by atoms with Gasteiger partial charge in [0.25, 0.3) is 5.56 Å².